The molecule has 2 rings (SSSR count). The number of aliphatic hydroxyl groups is 1. The highest BCUT2D eigenvalue weighted by Gasteiger charge is 2.61. The number of aryl methyl sites for hydroxylation is 1. The number of aromatic nitrogens is 2. The first-order valence-corrected chi connectivity index (χ1v) is 6.45. The molecular formula is C12H12F6N4O2. The number of halogens is 6. The number of carbonyl (C=O) groups excluding carboxylic acids is 1. The summed E-state index contributed by atoms with van der Waals surface area (Å²) in [5.41, 5.74) is -3.05. The Hall–Kier alpha value is -2.24. The molecule has 0 saturated carbocycles. The van der Waals surface area contributed by atoms with Crippen molar-refractivity contribution in [2.75, 3.05) is 0 Å². The summed E-state index contributed by atoms with van der Waals surface area (Å²) in [7, 11) is 0. The number of amides is 1. The monoisotopic (exact) mass is 358 g/mol. The topological polar surface area (TPSA) is 70.4 Å². The zero-order valence-corrected chi connectivity index (χ0v) is 12.3. The number of rotatable bonds is 2. The summed E-state index contributed by atoms with van der Waals surface area (Å²) < 4.78 is 77.3. The van der Waals surface area contributed by atoms with Crippen molar-refractivity contribution in [3.8, 4) is 0 Å². The molecule has 0 fully saturated rings. The smallest absolute Gasteiger partial charge is 0.359 e. The Morgan fingerprint density at radius 3 is 2.33 bits per heavy atom. The van der Waals surface area contributed by atoms with Crippen LogP contribution in [-0.2, 0) is 17.5 Å². The summed E-state index contributed by atoms with van der Waals surface area (Å²) in [6.45, 7) is 1.48. The van der Waals surface area contributed by atoms with E-state index < -0.39 is 36.2 Å². The molecule has 1 aromatic rings. The second-order valence-corrected chi connectivity index (χ2v) is 5.22. The molecule has 134 valence electrons. The maximum absolute atomic E-state index is 13.0. The first-order chi connectivity index (χ1) is 10.8. The summed E-state index contributed by atoms with van der Waals surface area (Å²) in [6, 6.07) is 0.657. The van der Waals surface area contributed by atoms with Crippen molar-refractivity contribution in [1.82, 2.24) is 20.2 Å². The Labute approximate surface area is 131 Å². The third kappa shape index (κ3) is 3.05. The second kappa shape index (κ2) is 5.40. The highest BCUT2D eigenvalue weighted by atomic mass is 19.4. The molecule has 2 heterocycles. The molecule has 1 aromatic heterocycles. The number of hydrazine groups is 1. The molecule has 2 N–H and O–H groups in total. The molecule has 0 saturated heterocycles. The van der Waals surface area contributed by atoms with Crippen LogP contribution in [0.1, 0.15) is 18.3 Å². The quantitative estimate of drug-likeness (QED) is 0.790. The number of alkyl halides is 6. The van der Waals surface area contributed by atoms with Gasteiger partial charge >= 0.3 is 12.4 Å². The van der Waals surface area contributed by atoms with Gasteiger partial charge in [-0.15, -0.1) is 0 Å². The molecule has 1 aliphatic heterocycles. The van der Waals surface area contributed by atoms with Gasteiger partial charge in [0.1, 0.15) is 6.54 Å². The van der Waals surface area contributed by atoms with Gasteiger partial charge in [-0.05, 0) is 26.0 Å². The molecule has 0 aromatic carbocycles. The minimum absolute atomic E-state index is 0.0740. The molecule has 1 aliphatic rings. The lowest BCUT2D eigenvalue weighted by Crippen LogP contribution is -2.61. The maximum Gasteiger partial charge on any atom is 0.442 e. The number of allylic oxidation sites excluding steroid dienone is 1. The van der Waals surface area contributed by atoms with E-state index in [4.69, 9.17) is 0 Å². The minimum atomic E-state index is -5.20. The van der Waals surface area contributed by atoms with E-state index in [-0.39, 0.29) is 16.4 Å². The van der Waals surface area contributed by atoms with E-state index in [1.54, 1.807) is 0 Å². The van der Waals surface area contributed by atoms with E-state index in [0.717, 1.165) is 0 Å². The molecule has 1 unspecified atom stereocenters. The number of nitrogens with one attached hydrogen (secondary N) is 1. The van der Waals surface area contributed by atoms with Gasteiger partial charge < -0.3 is 5.11 Å². The van der Waals surface area contributed by atoms with Gasteiger partial charge in [0.25, 0.3) is 11.6 Å². The van der Waals surface area contributed by atoms with Crippen molar-refractivity contribution >= 4 is 5.91 Å². The van der Waals surface area contributed by atoms with Crippen molar-refractivity contribution < 1.29 is 36.2 Å². The van der Waals surface area contributed by atoms with Crippen LogP contribution in [-0.4, -0.2) is 37.7 Å². The van der Waals surface area contributed by atoms with E-state index in [0.29, 0.717) is 16.8 Å². The molecule has 1 atom stereocenters. The highest BCUT2D eigenvalue weighted by Crippen LogP contribution is 2.37. The number of hydrogen-bond acceptors (Lipinski definition) is 4. The predicted octanol–water partition coefficient (Wildman–Crippen LogP) is 1.71. The van der Waals surface area contributed by atoms with Gasteiger partial charge in [-0.3, -0.25) is 14.9 Å². The van der Waals surface area contributed by atoms with Crippen LogP contribution in [0.2, 0.25) is 0 Å². The van der Waals surface area contributed by atoms with Crippen molar-refractivity contribution in [3.63, 3.8) is 0 Å². The zero-order valence-electron chi connectivity index (χ0n) is 12.3. The largest absolute Gasteiger partial charge is 0.442 e. The van der Waals surface area contributed by atoms with Crippen LogP contribution in [0.25, 0.3) is 0 Å². The lowest BCUT2D eigenvalue weighted by atomic mass is 10.2. The van der Waals surface area contributed by atoms with Crippen molar-refractivity contribution in [2.45, 2.75) is 38.5 Å². The van der Waals surface area contributed by atoms with Gasteiger partial charge in [0.2, 0.25) is 0 Å². The average molecular weight is 358 g/mol. The van der Waals surface area contributed by atoms with Crippen LogP contribution < -0.4 is 5.43 Å². The van der Waals surface area contributed by atoms with Gasteiger partial charge in [0.05, 0.1) is 0 Å². The first kappa shape index (κ1) is 18.1. The molecule has 0 bridgehead atoms. The van der Waals surface area contributed by atoms with Crippen molar-refractivity contribution in [1.29, 1.82) is 0 Å². The van der Waals surface area contributed by atoms with Crippen LogP contribution >= 0.6 is 0 Å². The fourth-order valence-corrected chi connectivity index (χ4v) is 2.13. The summed E-state index contributed by atoms with van der Waals surface area (Å²) >= 11 is 0. The van der Waals surface area contributed by atoms with Crippen molar-refractivity contribution in [3.05, 3.63) is 29.2 Å². The Morgan fingerprint density at radius 1 is 1.29 bits per heavy atom. The Morgan fingerprint density at radius 2 is 1.88 bits per heavy atom. The van der Waals surface area contributed by atoms with Gasteiger partial charge in [0.15, 0.2) is 5.69 Å². The van der Waals surface area contributed by atoms with E-state index in [2.05, 4.69) is 5.10 Å². The van der Waals surface area contributed by atoms with Crippen LogP contribution in [0.3, 0.4) is 0 Å². The molecule has 6 nitrogen and oxygen atoms in total. The summed E-state index contributed by atoms with van der Waals surface area (Å²) in [4.78, 5) is 12.1. The van der Waals surface area contributed by atoms with Crippen LogP contribution in [0.5, 0.6) is 0 Å². The van der Waals surface area contributed by atoms with E-state index in [1.165, 1.54) is 13.8 Å². The zero-order chi connectivity index (χ0) is 18.5. The summed E-state index contributed by atoms with van der Waals surface area (Å²) in [6.07, 6.45) is -9.57. The van der Waals surface area contributed by atoms with Gasteiger partial charge in [-0.2, -0.15) is 31.4 Å². The van der Waals surface area contributed by atoms with Gasteiger partial charge in [0, 0.05) is 11.4 Å². The standard InChI is InChI=1S/C12H12F6N4O2/c1-6-4-10(24,12(16,17)18)22(19-6)9(23)5-21-7(2)3-8(20-21)11(13,14)15/h3-4,19,24H,5H2,1-2H3. The summed E-state index contributed by atoms with van der Waals surface area (Å²) in [5.74, 6) is -1.32. The molecule has 24 heavy (non-hydrogen) atoms. The number of nitrogens with zero attached hydrogens (tertiary/aromatic N) is 3. The van der Waals surface area contributed by atoms with Crippen molar-refractivity contribution in [2.24, 2.45) is 0 Å². The second-order valence-electron chi connectivity index (χ2n) is 5.22. The molecule has 0 radical (unpaired) electrons. The SMILES string of the molecule is CC1=CC(O)(C(F)(F)F)N(C(=O)Cn2nc(C(F)(F)F)cc2C)N1. The van der Waals surface area contributed by atoms with E-state index >= 15 is 0 Å². The Bertz CT molecular complexity index is 693. The van der Waals surface area contributed by atoms with Gasteiger partial charge in [-0.1, -0.05) is 0 Å². The van der Waals surface area contributed by atoms with Crippen LogP contribution in [0.4, 0.5) is 26.3 Å². The maximum atomic E-state index is 13.0. The molecule has 12 heteroatoms. The fraction of sp³-hybridized carbons (Fsp3) is 0.500. The van der Waals surface area contributed by atoms with Crippen LogP contribution in [0, 0.1) is 6.92 Å². The summed E-state index contributed by atoms with van der Waals surface area (Å²) in [5, 5.41) is 12.8. The lowest BCUT2D eigenvalue weighted by molar-refractivity contribution is -0.289. The molecule has 1 amide bonds. The third-order valence-electron chi connectivity index (χ3n) is 3.27. The molecular weight excluding hydrogens is 346 g/mol. The molecule has 0 aliphatic carbocycles. The Kier molecular flexibility index (Phi) is 4.07. The normalized spacial score (nSPS) is 21.7. The number of carbonyl (C=O) groups is 1. The predicted molar refractivity (Wildman–Crippen MR) is 66.7 cm³/mol. The first-order valence-electron chi connectivity index (χ1n) is 6.45. The van der Waals surface area contributed by atoms with Crippen LogP contribution in [0.15, 0.2) is 17.8 Å². The average Bonchev–Trinajstić information content (AvgIpc) is 2.90. The Balaban J connectivity index is 2.26. The van der Waals surface area contributed by atoms with Gasteiger partial charge in [-0.25, -0.2) is 5.01 Å². The minimum Gasteiger partial charge on any atom is -0.359 e. The van der Waals surface area contributed by atoms with E-state index in [1.807, 2.05) is 5.43 Å². The number of hydrogen-bond donors (Lipinski definition) is 2. The third-order valence-corrected chi connectivity index (χ3v) is 3.27. The van der Waals surface area contributed by atoms with E-state index in [9.17, 15) is 36.2 Å². The molecule has 0 spiro atoms. The lowest BCUT2D eigenvalue weighted by Gasteiger charge is -2.33. The highest BCUT2D eigenvalue weighted by molar-refractivity contribution is 5.77. The fourth-order valence-electron chi connectivity index (χ4n) is 2.13.